The molecule has 1 aromatic rings. The van der Waals surface area contributed by atoms with Gasteiger partial charge in [-0.1, -0.05) is 19.3 Å². The van der Waals surface area contributed by atoms with Gasteiger partial charge in [-0.05, 0) is 37.7 Å². The molecule has 0 amide bonds. The smallest absolute Gasteiger partial charge is 0.247 e. The maximum Gasteiger partial charge on any atom is 0.247 e. The lowest BCUT2D eigenvalue weighted by Crippen LogP contribution is -2.40. The maximum absolute atomic E-state index is 12.8. The van der Waals surface area contributed by atoms with Gasteiger partial charge in [-0.2, -0.15) is 4.31 Å². The Hall–Kier alpha value is -1.14. The zero-order chi connectivity index (χ0) is 14.9. The van der Waals surface area contributed by atoms with E-state index in [1.165, 1.54) is 37.6 Å². The molecular formula is C15H22N2O3S. The third-order valence-electron chi connectivity index (χ3n) is 4.80. The molecule has 116 valence electrons. The SMILES string of the molecule is O=c1ccc(S(=O)(=O)N2CCCC2C2CCCCC2)c[nH]1. The van der Waals surface area contributed by atoms with Crippen LogP contribution in [-0.2, 0) is 10.0 Å². The number of hydrogen-bond acceptors (Lipinski definition) is 3. The Labute approximate surface area is 125 Å². The predicted molar refractivity (Wildman–Crippen MR) is 80.6 cm³/mol. The van der Waals surface area contributed by atoms with Gasteiger partial charge in [0.1, 0.15) is 0 Å². The highest BCUT2D eigenvalue weighted by Crippen LogP contribution is 2.36. The van der Waals surface area contributed by atoms with E-state index in [1.54, 1.807) is 4.31 Å². The van der Waals surface area contributed by atoms with Crippen LogP contribution in [-0.4, -0.2) is 30.3 Å². The van der Waals surface area contributed by atoms with Crippen molar-refractivity contribution in [2.24, 2.45) is 5.92 Å². The Balaban J connectivity index is 1.86. The Morgan fingerprint density at radius 2 is 1.81 bits per heavy atom. The Bertz CT molecular complexity index is 627. The van der Waals surface area contributed by atoms with E-state index >= 15 is 0 Å². The van der Waals surface area contributed by atoms with Gasteiger partial charge in [-0.25, -0.2) is 8.42 Å². The summed E-state index contributed by atoms with van der Waals surface area (Å²) < 4.78 is 27.3. The molecule has 6 heteroatoms. The molecule has 0 bridgehead atoms. The number of aromatic nitrogens is 1. The summed E-state index contributed by atoms with van der Waals surface area (Å²) in [5.41, 5.74) is -0.279. The summed E-state index contributed by atoms with van der Waals surface area (Å²) in [7, 11) is -3.49. The zero-order valence-electron chi connectivity index (χ0n) is 12.1. The first-order valence-electron chi connectivity index (χ1n) is 7.79. The van der Waals surface area contributed by atoms with Crippen LogP contribution < -0.4 is 5.56 Å². The summed E-state index contributed by atoms with van der Waals surface area (Å²) in [6, 6.07) is 2.82. The summed E-state index contributed by atoms with van der Waals surface area (Å²) in [6.07, 6.45) is 9.20. The number of nitrogens with zero attached hydrogens (tertiary/aromatic N) is 1. The summed E-state index contributed by atoms with van der Waals surface area (Å²) in [6.45, 7) is 0.600. The number of rotatable bonds is 3. The summed E-state index contributed by atoms with van der Waals surface area (Å²) in [5, 5.41) is 0. The van der Waals surface area contributed by atoms with Crippen molar-refractivity contribution in [2.75, 3.05) is 6.54 Å². The molecule has 2 fully saturated rings. The number of H-pyrrole nitrogens is 1. The second-order valence-corrected chi connectivity index (χ2v) is 8.00. The topological polar surface area (TPSA) is 70.2 Å². The number of sulfonamides is 1. The fourth-order valence-electron chi connectivity index (χ4n) is 3.75. The minimum atomic E-state index is -3.49. The van der Waals surface area contributed by atoms with E-state index in [-0.39, 0.29) is 16.5 Å². The van der Waals surface area contributed by atoms with Gasteiger partial charge < -0.3 is 4.98 Å². The van der Waals surface area contributed by atoms with Crippen LogP contribution in [0.2, 0.25) is 0 Å². The van der Waals surface area contributed by atoms with Gasteiger partial charge in [0.05, 0.1) is 4.90 Å². The van der Waals surface area contributed by atoms with Crippen molar-refractivity contribution in [2.45, 2.75) is 55.9 Å². The van der Waals surface area contributed by atoms with Crippen molar-refractivity contribution in [3.8, 4) is 0 Å². The highest BCUT2D eigenvalue weighted by atomic mass is 32.2. The average Bonchev–Trinajstić information content (AvgIpc) is 2.99. The third kappa shape index (κ3) is 2.92. The largest absolute Gasteiger partial charge is 0.328 e. The van der Waals surface area contributed by atoms with Crippen molar-refractivity contribution < 1.29 is 8.42 Å². The zero-order valence-corrected chi connectivity index (χ0v) is 12.9. The molecule has 0 spiro atoms. The van der Waals surface area contributed by atoms with E-state index in [0.29, 0.717) is 12.5 Å². The number of hydrogen-bond donors (Lipinski definition) is 1. The molecule has 1 saturated heterocycles. The number of nitrogens with one attached hydrogen (secondary N) is 1. The molecule has 5 nitrogen and oxygen atoms in total. The first-order valence-corrected chi connectivity index (χ1v) is 9.23. The molecule has 21 heavy (non-hydrogen) atoms. The van der Waals surface area contributed by atoms with Crippen LogP contribution in [0.4, 0.5) is 0 Å². The molecule has 2 heterocycles. The first kappa shape index (κ1) is 14.8. The van der Waals surface area contributed by atoms with E-state index in [2.05, 4.69) is 4.98 Å². The highest BCUT2D eigenvalue weighted by molar-refractivity contribution is 7.89. The quantitative estimate of drug-likeness (QED) is 0.929. The second-order valence-electron chi connectivity index (χ2n) is 6.11. The van der Waals surface area contributed by atoms with Crippen molar-refractivity contribution in [1.82, 2.24) is 9.29 Å². The Morgan fingerprint density at radius 1 is 1.05 bits per heavy atom. The standard InChI is InChI=1S/C15H22N2O3S/c18-15-9-8-13(11-16-15)21(19,20)17-10-4-7-14(17)12-5-2-1-3-6-12/h8-9,11-12,14H,1-7,10H2,(H,16,18). The molecule has 3 rings (SSSR count). The number of aromatic amines is 1. The lowest BCUT2D eigenvalue weighted by Gasteiger charge is -2.33. The Kier molecular flexibility index (Phi) is 4.17. The molecule has 1 aliphatic heterocycles. The Morgan fingerprint density at radius 3 is 2.48 bits per heavy atom. The van der Waals surface area contributed by atoms with E-state index < -0.39 is 10.0 Å². The minimum absolute atomic E-state index is 0.141. The molecule has 2 aliphatic rings. The molecule has 0 radical (unpaired) electrons. The fraction of sp³-hybridized carbons (Fsp3) is 0.667. The average molecular weight is 310 g/mol. The molecule has 1 atom stereocenters. The van der Waals surface area contributed by atoms with Crippen molar-refractivity contribution in [1.29, 1.82) is 0 Å². The molecule has 1 unspecified atom stereocenters. The highest BCUT2D eigenvalue weighted by Gasteiger charge is 2.39. The molecule has 1 aromatic heterocycles. The van der Waals surface area contributed by atoms with Crippen LogP contribution >= 0.6 is 0 Å². The monoisotopic (exact) mass is 310 g/mol. The normalized spacial score (nSPS) is 25.2. The molecule has 1 aliphatic carbocycles. The van der Waals surface area contributed by atoms with Crippen LogP contribution in [0.3, 0.4) is 0 Å². The van der Waals surface area contributed by atoms with Gasteiger partial charge in [-0.15, -0.1) is 0 Å². The van der Waals surface area contributed by atoms with Gasteiger partial charge in [0.15, 0.2) is 0 Å². The number of pyridine rings is 1. The summed E-state index contributed by atoms with van der Waals surface area (Å²) in [5.74, 6) is 0.499. The van der Waals surface area contributed by atoms with Gasteiger partial charge in [0.25, 0.3) is 0 Å². The van der Waals surface area contributed by atoms with E-state index in [0.717, 1.165) is 25.7 Å². The van der Waals surface area contributed by atoms with Crippen molar-refractivity contribution in [3.05, 3.63) is 28.7 Å². The van der Waals surface area contributed by atoms with Crippen LogP contribution in [0.25, 0.3) is 0 Å². The van der Waals surface area contributed by atoms with Crippen molar-refractivity contribution >= 4 is 10.0 Å². The molecule has 1 saturated carbocycles. The fourth-order valence-corrected chi connectivity index (χ4v) is 5.47. The molecular weight excluding hydrogens is 288 g/mol. The van der Waals surface area contributed by atoms with E-state index in [9.17, 15) is 13.2 Å². The summed E-state index contributed by atoms with van der Waals surface area (Å²) in [4.78, 5) is 13.8. The van der Waals surface area contributed by atoms with Gasteiger partial charge in [0.2, 0.25) is 15.6 Å². The molecule has 0 aromatic carbocycles. The van der Waals surface area contributed by atoms with Crippen LogP contribution in [0.15, 0.2) is 28.0 Å². The van der Waals surface area contributed by atoms with Gasteiger partial charge in [0, 0.05) is 24.8 Å². The molecule has 1 N–H and O–H groups in total. The minimum Gasteiger partial charge on any atom is -0.328 e. The lowest BCUT2D eigenvalue weighted by molar-refractivity contribution is 0.226. The van der Waals surface area contributed by atoms with Crippen LogP contribution in [0.5, 0.6) is 0 Å². The lowest BCUT2D eigenvalue weighted by atomic mass is 9.83. The van der Waals surface area contributed by atoms with Crippen molar-refractivity contribution in [3.63, 3.8) is 0 Å². The van der Waals surface area contributed by atoms with Crippen LogP contribution in [0.1, 0.15) is 44.9 Å². The first-order chi connectivity index (χ1) is 10.1. The summed E-state index contributed by atoms with van der Waals surface area (Å²) >= 11 is 0. The van der Waals surface area contributed by atoms with Gasteiger partial charge >= 0.3 is 0 Å². The van der Waals surface area contributed by atoms with Gasteiger partial charge in [-0.3, -0.25) is 4.79 Å². The third-order valence-corrected chi connectivity index (χ3v) is 6.72. The second kappa shape index (κ2) is 5.93. The predicted octanol–water partition coefficient (Wildman–Crippen LogP) is 2.11. The van der Waals surface area contributed by atoms with E-state index in [4.69, 9.17) is 0 Å². The van der Waals surface area contributed by atoms with Crippen LogP contribution in [0, 0.1) is 5.92 Å². The van der Waals surface area contributed by atoms with E-state index in [1.807, 2.05) is 0 Å². The maximum atomic E-state index is 12.8.